The van der Waals surface area contributed by atoms with Gasteiger partial charge in [-0.05, 0) is 31.0 Å². The molecule has 128 valence electrons. The molecule has 24 heavy (non-hydrogen) atoms. The second kappa shape index (κ2) is 8.61. The van der Waals surface area contributed by atoms with Crippen LogP contribution in [0, 0.1) is 6.92 Å². The lowest BCUT2D eigenvalue weighted by Crippen LogP contribution is -2.38. The first-order chi connectivity index (χ1) is 11.5. The molecule has 5 nitrogen and oxygen atoms in total. The van der Waals surface area contributed by atoms with E-state index < -0.39 is 5.97 Å². The van der Waals surface area contributed by atoms with Crippen LogP contribution in [0.15, 0.2) is 41.8 Å². The zero-order chi connectivity index (χ0) is 17.5. The molecule has 2 N–H and O–H groups in total. The summed E-state index contributed by atoms with van der Waals surface area (Å²) < 4.78 is 0. The van der Waals surface area contributed by atoms with E-state index in [1.165, 1.54) is 5.56 Å². The Labute approximate surface area is 145 Å². The van der Waals surface area contributed by atoms with Gasteiger partial charge in [-0.3, -0.25) is 14.5 Å². The van der Waals surface area contributed by atoms with Gasteiger partial charge in [-0.2, -0.15) is 0 Å². The number of rotatable bonds is 8. The number of likely N-dealkylation sites (N-methyl/N-ethyl adjacent to an activating group) is 1. The van der Waals surface area contributed by atoms with Gasteiger partial charge in [0.05, 0.1) is 19.0 Å². The molecule has 1 amide bonds. The van der Waals surface area contributed by atoms with Gasteiger partial charge in [0, 0.05) is 11.4 Å². The summed E-state index contributed by atoms with van der Waals surface area (Å²) in [4.78, 5) is 25.7. The topological polar surface area (TPSA) is 69.6 Å². The van der Waals surface area contributed by atoms with Crippen molar-refractivity contribution in [2.24, 2.45) is 0 Å². The highest BCUT2D eigenvalue weighted by Crippen LogP contribution is 2.26. The number of nitrogens with zero attached hydrogens (tertiary/aromatic N) is 1. The number of nitrogens with one attached hydrogen (secondary N) is 1. The Morgan fingerprint density at radius 3 is 2.54 bits per heavy atom. The first-order valence-electron chi connectivity index (χ1n) is 7.75. The molecule has 1 heterocycles. The summed E-state index contributed by atoms with van der Waals surface area (Å²) in [5, 5.41) is 13.8. The predicted octanol–water partition coefficient (Wildman–Crippen LogP) is 2.67. The SMILES string of the molecule is Cc1ccc(C(NC(=O)CN(C)CCC(=O)O)c2cccs2)cc1. The molecule has 6 heteroatoms. The van der Waals surface area contributed by atoms with Crippen LogP contribution in [0.2, 0.25) is 0 Å². The van der Waals surface area contributed by atoms with Crippen LogP contribution in [0.4, 0.5) is 0 Å². The number of thiophene rings is 1. The number of hydrogen-bond donors (Lipinski definition) is 2. The van der Waals surface area contributed by atoms with Crippen LogP contribution < -0.4 is 5.32 Å². The average molecular weight is 346 g/mol. The van der Waals surface area contributed by atoms with Crippen molar-refractivity contribution < 1.29 is 14.7 Å². The van der Waals surface area contributed by atoms with Gasteiger partial charge in [0.25, 0.3) is 0 Å². The van der Waals surface area contributed by atoms with Gasteiger partial charge in [-0.1, -0.05) is 35.9 Å². The van der Waals surface area contributed by atoms with Crippen LogP contribution in [0.3, 0.4) is 0 Å². The maximum Gasteiger partial charge on any atom is 0.304 e. The Kier molecular flexibility index (Phi) is 6.52. The summed E-state index contributed by atoms with van der Waals surface area (Å²) in [6.45, 7) is 2.54. The number of carboxylic acid groups (broad SMARTS) is 1. The van der Waals surface area contributed by atoms with E-state index in [4.69, 9.17) is 5.11 Å². The molecule has 2 aromatic rings. The van der Waals surface area contributed by atoms with Gasteiger partial charge < -0.3 is 10.4 Å². The van der Waals surface area contributed by atoms with E-state index in [2.05, 4.69) is 5.32 Å². The molecule has 0 saturated heterocycles. The van der Waals surface area contributed by atoms with E-state index in [-0.39, 0.29) is 24.9 Å². The Morgan fingerprint density at radius 2 is 1.96 bits per heavy atom. The number of hydrogen-bond acceptors (Lipinski definition) is 4. The van der Waals surface area contributed by atoms with E-state index in [1.54, 1.807) is 23.3 Å². The van der Waals surface area contributed by atoms with Crippen LogP contribution in [0.5, 0.6) is 0 Å². The highest BCUT2D eigenvalue weighted by atomic mass is 32.1. The van der Waals surface area contributed by atoms with Crippen LogP contribution in [-0.4, -0.2) is 42.0 Å². The first-order valence-corrected chi connectivity index (χ1v) is 8.63. The van der Waals surface area contributed by atoms with Gasteiger partial charge in [0.15, 0.2) is 0 Å². The molecule has 0 fully saturated rings. The number of amides is 1. The van der Waals surface area contributed by atoms with Crippen molar-refractivity contribution in [3.63, 3.8) is 0 Å². The minimum Gasteiger partial charge on any atom is -0.481 e. The van der Waals surface area contributed by atoms with E-state index in [1.807, 2.05) is 48.7 Å². The Bertz CT molecular complexity index is 668. The molecule has 0 aliphatic carbocycles. The third kappa shape index (κ3) is 5.47. The fourth-order valence-corrected chi connectivity index (χ4v) is 3.15. The Morgan fingerprint density at radius 1 is 1.25 bits per heavy atom. The van der Waals surface area contributed by atoms with Crippen molar-refractivity contribution in [2.75, 3.05) is 20.1 Å². The summed E-state index contributed by atoms with van der Waals surface area (Å²) in [7, 11) is 1.74. The Hall–Kier alpha value is -2.18. The summed E-state index contributed by atoms with van der Waals surface area (Å²) in [5.74, 6) is -0.986. The first kappa shape index (κ1) is 18.2. The third-order valence-electron chi connectivity index (χ3n) is 3.66. The van der Waals surface area contributed by atoms with Gasteiger partial charge in [0.2, 0.25) is 5.91 Å². The van der Waals surface area contributed by atoms with Crippen molar-refractivity contribution in [2.45, 2.75) is 19.4 Å². The average Bonchev–Trinajstić information content (AvgIpc) is 3.06. The molecular weight excluding hydrogens is 324 g/mol. The lowest BCUT2D eigenvalue weighted by molar-refractivity contribution is -0.137. The van der Waals surface area contributed by atoms with Crippen LogP contribution in [0.1, 0.15) is 28.5 Å². The fraction of sp³-hybridized carbons (Fsp3) is 0.333. The van der Waals surface area contributed by atoms with Crippen LogP contribution in [-0.2, 0) is 9.59 Å². The quantitative estimate of drug-likeness (QED) is 0.771. The van der Waals surface area contributed by atoms with Crippen LogP contribution >= 0.6 is 11.3 Å². The molecule has 0 bridgehead atoms. The van der Waals surface area contributed by atoms with Gasteiger partial charge in [-0.15, -0.1) is 11.3 Å². The van der Waals surface area contributed by atoms with E-state index in [0.717, 1.165) is 10.4 Å². The van der Waals surface area contributed by atoms with Crippen molar-refractivity contribution in [1.82, 2.24) is 10.2 Å². The molecule has 0 saturated carbocycles. The van der Waals surface area contributed by atoms with Gasteiger partial charge in [-0.25, -0.2) is 0 Å². The van der Waals surface area contributed by atoms with Crippen molar-refractivity contribution in [3.05, 3.63) is 57.8 Å². The highest BCUT2D eigenvalue weighted by molar-refractivity contribution is 7.10. The zero-order valence-electron chi connectivity index (χ0n) is 13.9. The second-order valence-electron chi connectivity index (χ2n) is 5.81. The summed E-state index contributed by atoms with van der Waals surface area (Å²) in [6.07, 6.45) is 0.0239. The molecule has 1 unspecified atom stereocenters. The maximum absolute atomic E-state index is 12.3. The second-order valence-corrected chi connectivity index (χ2v) is 6.79. The van der Waals surface area contributed by atoms with Gasteiger partial charge >= 0.3 is 5.97 Å². The molecule has 2 rings (SSSR count). The molecule has 0 aliphatic rings. The van der Waals surface area contributed by atoms with Crippen molar-refractivity contribution in [3.8, 4) is 0 Å². The third-order valence-corrected chi connectivity index (χ3v) is 4.60. The number of aliphatic carboxylic acids is 1. The maximum atomic E-state index is 12.3. The summed E-state index contributed by atoms with van der Waals surface area (Å²) in [5.41, 5.74) is 2.20. The highest BCUT2D eigenvalue weighted by Gasteiger charge is 2.18. The minimum absolute atomic E-state index is 0.0239. The molecule has 1 aromatic heterocycles. The van der Waals surface area contributed by atoms with E-state index in [0.29, 0.717) is 6.54 Å². The minimum atomic E-state index is -0.863. The monoisotopic (exact) mass is 346 g/mol. The molecule has 1 aromatic carbocycles. The smallest absolute Gasteiger partial charge is 0.304 e. The number of carboxylic acids is 1. The number of benzene rings is 1. The molecule has 0 radical (unpaired) electrons. The van der Waals surface area contributed by atoms with Crippen LogP contribution in [0.25, 0.3) is 0 Å². The summed E-state index contributed by atoms with van der Waals surface area (Å²) in [6, 6.07) is 11.9. The molecule has 1 atom stereocenters. The molecular formula is C18H22N2O3S. The van der Waals surface area contributed by atoms with E-state index >= 15 is 0 Å². The number of carbonyl (C=O) groups is 2. The zero-order valence-corrected chi connectivity index (χ0v) is 14.7. The van der Waals surface area contributed by atoms with Crippen molar-refractivity contribution in [1.29, 1.82) is 0 Å². The van der Waals surface area contributed by atoms with Crippen molar-refractivity contribution >= 4 is 23.2 Å². The lowest BCUT2D eigenvalue weighted by atomic mass is 10.0. The summed E-state index contributed by atoms with van der Waals surface area (Å²) >= 11 is 1.60. The molecule has 0 aliphatic heterocycles. The standard InChI is InChI=1S/C18H22N2O3S/c1-13-5-7-14(8-6-13)18(15-4-3-11-24-15)19-16(21)12-20(2)10-9-17(22)23/h3-8,11,18H,9-10,12H2,1-2H3,(H,19,21)(H,22,23). The normalized spacial score (nSPS) is 12.1. The van der Waals surface area contributed by atoms with E-state index in [9.17, 15) is 9.59 Å². The fourth-order valence-electron chi connectivity index (χ4n) is 2.35. The Balaban J connectivity index is 2.04. The predicted molar refractivity (Wildman–Crippen MR) is 95.2 cm³/mol. The lowest BCUT2D eigenvalue weighted by Gasteiger charge is -2.21. The number of aryl methyl sites for hydroxylation is 1. The molecule has 0 spiro atoms. The van der Waals surface area contributed by atoms with Gasteiger partial charge in [0.1, 0.15) is 0 Å². The largest absolute Gasteiger partial charge is 0.481 e. The number of carbonyl (C=O) groups excluding carboxylic acids is 1.